The molecule has 20 heavy (non-hydrogen) atoms. The first-order valence-electron chi connectivity index (χ1n) is 7.55. The van der Waals surface area contributed by atoms with Gasteiger partial charge in [-0.25, -0.2) is 5.26 Å². The van der Waals surface area contributed by atoms with Gasteiger partial charge in [-0.15, -0.1) is 0 Å². The predicted octanol–water partition coefficient (Wildman–Crippen LogP) is 3.19. The van der Waals surface area contributed by atoms with E-state index in [1.165, 1.54) is 18.4 Å². The fourth-order valence-electron chi connectivity index (χ4n) is 2.97. The summed E-state index contributed by atoms with van der Waals surface area (Å²) in [6, 6.07) is 6.10. The normalized spacial score (nSPS) is 18.6. The average Bonchev–Trinajstić information content (AvgIpc) is 2.49. The van der Waals surface area contributed by atoms with E-state index in [1.807, 2.05) is 12.1 Å². The van der Waals surface area contributed by atoms with Gasteiger partial charge in [-0.3, -0.25) is 0 Å². The highest BCUT2D eigenvalue weighted by Crippen LogP contribution is 2.27. The first-order chi connectivity index (χ1) is 9.72. The largest absolute Gasteiger partial charge is 0.494 e. The zero-order chi connectivity index (χ0) is 14.4. The van der Waals surface area contributed by atoms with Crippen LogP contribution < -0.4 is 10.5 Å². The Morgan fingerprint density at radius 1 is 1.50 bits per heavy atom. The van der Waals surface area contributed by atoms with E-state index in [4.69, 9.17) is 15.7 Å². The van der Waals surface area contributed by atoms with E-state index in [1.54, 1.807) is 0 Å². The van der Waals surface area contributed by atoms with Crippen molar-refractivity contribution in [3.8, 4) is 11.7 Å². The molecule has 2 rings (SSSR count). The summed E-state index contributed by atoms with van der Waals surface area (Å²) in [4.78, 5) is 0. The number of hydrogen-bond donors (Lipinski definition) is 1. The van der Waals surface area contributed by atoms with Crippen LogP contribution in [0.3, 0.4) is 0 Å². The van der Waals surface area contributed by atoms with Crippen molar-refractivity contribution in [3.63, 3.8) is 0 Å². The molecule has 0 aromatic heterocycles. The third kappa shape index (κ3) is 4.01. The maximum Gasteiger partial charge on any atom is 0.268 e. The molecular weight excluding hydrogens is 247 g/mol. The molecule has 1 saturated heterocycles. The maximum atomic E-state index is 9.00. The molecule has 1 aromatic carbocycles. The Morgan fingerprint density at radius 3 is 3.10 bits per heavy atom. The van der Waals surface area contributed by atoms with E-state index in [0.717, 1.165) is 37.0 Å². The van der Waals surface area contributed by atoms with Crippen molar-refractivity contribution in [1.29, 1.82) is 5.26 Å². The quantitative estimate of drug-likeness (QED) is 0.836. The summed E-state index contributed by atoms with van der Waals surface area (Å²) in [5.74, 6) is 3.96. The second-order valence-corrected chi connectivity index (χ2v) is 5.79. The van der Waals surface area contributed by atoms with Gasteiger partial charge < -0.3 is 10.5 Å². The highest BCUT2D eigenvalue weighted by atomic mass is 16.5. The number of aryl methyl sites for hydroxylation is 1. The van der Waals surface area contributed by atoms with E-state index in [0.29, 0.717) is 12.5 Å². The van der Waals surface area contributed by atoms with Crippen LogP contribution in [-0.2, 0) is 6.54 Å². The van der Waals surface area contributed by atoms with E-state index < -0.39 is 0 Å². The topological polar surface area (TPSA) is 59.0 Å². The average molecular weight is 270 g/mol. The van der Waals surface area contributed by atoms with Crippen LogP contribution in [0.25, 0.3) is 0 Å². The molecule has 4 heteroatoms. The molecule has 1 aromatic rings. The molecule has 2 N–H and O–H groups in total. The SMILES string of the molecule is Cc1ccc(OCCC2CCCB(C#N)C2)cc1CN. The molecule has 1 atom stereocenters. The first kappa shape index (κ1) is 14.9. The van der Waals surface area contributed by atoms with Crippen molar-refractivity contribution < 1.29 is 4.74 Å². The van der Waals surface area contributed by atoms with Gasteiger partial charge in [0, 0.05) is 12.5 Å². The number of nitriles is 1. The molecule has 1 aliphatic heterocycles. The van der Waals surface area contributed by atoms with Crippen molar-refractivity contribution in [2.75, 3.05) is 6.61 Å². The van der Waals surface area contributed by atoms with Crippen LogP contribution in [0, 0.1) is 24.1 Å². The smallest absolute Gasteiger partial charge is 0.268 e. The molecule has 0 amide bonds. The number of nitrogens with two attached hydrogens (primary N) is 1. The van der Waals surface area contributed by atoms with Crippen molar-refractivity contribution in [3.05, 3.63) is 29.3 Å². The molecule has 1 heterocycles. The van der Waals surface area contributed by atoms with Crippen LogP contribution in [0.1, 0.15) is 30.4 Å². The van der Waals surface area contributed by atoms with Gasteiger partial charge in [-0.2, -0.15) is 0 Å². The Kier molecular flexibility index (Phi) is 5.49. The Morgan fingerprint density at radius 2 is 2.35 bits per heavy atom. The van der Waals surface area contributed by atoms with Crippen LogP contribution >= 0.6 is 0 Å². The summed E-state index contributed by atoms with van der Waals surface area (Å²) in [5.41, 5.74) is 8.06. The van der Waals surface area contributed by atoms with Gasteiger partial charge >= 0.3 is 0 Å². The summed E-state index contributed by atoms with van der Waals surface area (Å²) in [6.45, 7) is 3.61. The summed E-state index contributed by atoms with van der Waals surface area (Å²) in [5, 5.41) is 9.00. The number of rotatable bonds is 5. The number of ether oxygens (including phenoxy) is 1. The minimum Gasteiger partial charge on any atom is -0.494 e. The van der Waals surface area contributed by atoms with Gasteiger partial charge in [-0.05, 0) is 42.5 Å². The number of benzene rings is 1. The van der Waals surface area contributed by atoms with Crippen LogP contribution in [0.4, 0.5) is 0 Å². The predicted molar refractivity (Wildman–Crippen MR) is 82.9 cm³/mol. The van der Waals surface area contributed by atoms with E-state index in [-0.39, 0.29) is 6.71 Å². The molecule has 0 aliphatic carbocycles. The molecule has 0 radical (unpaired) electrons. The van der Waals surface area contributed by atoms with Crippen molar-refractivity contribution in [2.24, 2.45) is 11.7 Å². The Bertz CT molecular complexity index is 484. The molecule has 0 spiro atoms. The molecule has 1 unspecified atom stereocenters. The lowest BCUT2D eigenvalue weighted by atomic mass is 9.41. The van der Waals surface area contributed by atoms with Gasteiger partial charge in [0.25, 0.3) is 6.71 Å². The maximum absolute atomic E-state index is 9.00. The summed E-state index contributed by atoms with van der Waals surface area (Å²) >= 11 is 0. The van der Waals surface area contributed by atoms with Gasteiger partial charge in [0.2, 0.25) is 0 Å². The van der Waals surface area contributed by atoms with Gasteiger partial charge in [0.15, 0.2) is 0 Å². The van der Waals surface area contributed by atoms with E-state index in [2.05, 4.69) is 19.0 Å². The lowest BCUT2D eigenvalue weighted by Crippen LogP contribution is -2.22. The minimum atomic E-state index is 0.261. The van der Waals surface area contributed by atoms with Gasteiger partial charge in [0.1, 0.15) is 5.75 Å². The third-order valence-corrected chi connectivity index (χ3v) is 4.30. The Hall–Kier alpha value is -1.47. The highest BCUT2D eigenvalue weighted by molar-refractivity contribution is 6.67. The Labute approximate surface area is 122 Å². The minimum absolute atomic E-state index is 0.261. The number of nitrogens with zero attached hydrogens (tertiary/aromatic N) is 1. The van der Waals surface area contributed by atoms with E-state index >= 15 is 0 Å². The Balaban J connectivity index is 1.79. The molecule has 106 valence electrons. The molecule has 1 aliphatic rings. The number of hydrogen-bond acceptors (Lipinski definition) is 3. The lowest BCUT2D eigenvalue weighted by molar-refractivity contribution is 0.275. The second kappa shape index (κ2) is 7.35. The van der Waals surface area contributed by atoms with E-state index in [9.17, 15) is 0 Å². The third-order valence-electron chi connectivity index (χ3n) is 4.30. The fraction of sp³-hybridized carbons (Fsp3) is 0.562. The van der Waals surface area contributed by atoms with Crippen molar-refractivity contribution >= 4 is 6.71 Å². The standard InChI is InChI=1S/C16H23BN2O/c1-13-4-5-16(9-15(13)11-18)20-8-6-14-3-2-7-17(10-14)12-19/h4-5,9,14H,2-3,6-8,10-11,18H2,1H3. The van der Waals surface area contributed by atoms with Crippen molar-refractivity contribution in [1.82, 2.24) is 0 Å². The second-order valence-electron chi connectivity index (χ2n) is 5.79. The zero-order valence-electron chi connectivity index (χ0n) is 12.3. The van der Waals surface area contributed by atoms with Gasteiger partial charge in [0.05, 0.1) is 6.61 Å². The monoisotopic (exact) mass is 270 g/mol. The van der Waals surface area contributed by atoms with Crippen LogP contribution in [0.5, 0.6) is 5.75 Å². The van der Waals surface area contributed by atoms with Crippen molar-refractivity contribution in [2.45, 2.75) is 45.4 Å². The molecular formula is C16H23BN2O. The van der Waals surface area contributed by atoms with Crippen LogP contribution in [0.2, 0.25) is 12.6 Å². The molecule has 3 nitrogen and oxygen atoms in total. The summed E-state index contributed by atoms with van der Waals surface area (Å²) in [6.07, 6.45) is 5.59. The first-order valence-corrected chi connectivity index (χ1v) is 7.55. The zero-order valence-corrected chi connectivity index (χ0v) is 12.3. The van der Waals surface area contributed by atoms with Gasteiger partial charge in [-0.1, -0.05) is 31.5 Å². The summed E-state index contributed by atoms with van der Waals surface area (Å²) in [7, 11) is 0. The highest BCUT2D eigenvalue weighted by Gasteiger charge is 2.24. The molecule has 0 bridgehead atoms. The molecule has 1 fully saturated rings. The van der Waals surface area contributed by atoms with Crippen LogP contribution in [0.15, 0.2) is 18.2 Å². The molecule has 0 saturated carbocycles. The van der Waals surface area contributed by atoms with Crippen LogP contribution in [-0.4, -0.2) is 13.3 Å². The lowest BCUT2D eigenvalue weighted by Gasteiger charge is -2.23. The fourth-order valence-corrected chi connectivity index (χ4v) is 2.97. The summed E-state index contributed by atoms with van der Waals surface area (Å²) < 4.78 is 5.84.